The van der Waals surface area contributed by atoms with Crippen molar-refractivity contribution < 1.29 is 9.84 Å². The molecule has 0 amide bonds. The number of benzene rings is 1. The Hall–Kier alpha value is -0.580. The number of methoxy groups -OCH3 is 1. The van der Waals surface area contributed by atoms with Gasteiger partial charge in [-0.1, -0.05) is 22.0 Å². The molecule has 0 aromatic heterocycles. The first kappa shape index (κ1) is 13.5. The fraction of sp³-hybridized carbons (Fsp3) is 0.500. The highest BCUT2D eigenvalue weighted by molar-refractivity contribution is 9.10. The first-order valence-electron chi connectivity index (χ1n) is 5.34. The molecule has 1 atom stereocenters. The molecule has 4 heteroatoms. The summed E-state index contributed by atoms with van der Waals surface area (Å²) in [5.41, 5.74) is 1.12. The van der Waals surface area contributed by atoms with E-state index in [4.69, 9.17) is 9.84 Å². The molecule has 90 valence electrons. The molecule has 0 saturated carbocycles. The molecule has 1 aromatic rings. The molecule has 0 spiro atoms. The van der Waals surface area contributed by atoms with Crippen molar-refractivity contribution in [1.82, 2.24) is 5.32 Å². The minimum Gasteiger partial charge on any atom is -0.496 e. The highest BCUT2D eigenvalue weighted by Gasteiger charge is 2.05. The van der Waals surface area contributed by atoms with Gasteiger partial charge in [-0.25, -0.2) is 0 Å². The highest BCUT2D eigenvalue weighted by Crippen LogP contribution is 2.23. The molecular weight excluding hydrogens is 270 g/mol. The van der Waals surface area contributed by atoms with Gasteiger partial charge in [0.25, 0.3) is 0 Å². The molecule has 0 radical (unpaired) electrons. The summed E-state index contributed by atoms with van der Waals surface area (Å²) in [6.45, 7) is 3.02. The van der Waals surface area contributed by atoms with E-state index < -0.39 is 0 Å². The molecular formula is C12H18BrNO2. The number of hydrogen-bond donors (Lipinski definition) is 2. The number of halogens is 1. The average molecular weight is 288 g/mol. The molecule has 0 aliphatic carbocycles. The molecule has 0 fully saturated rings. The molecule has 0 heterocycles. The van der Waals surface area contributed by atoms with Crippen molar-refractivity contribution in [2.24, 2.45) is 0 Å². The number of hydrogen-bond acceptors (Lipinski definition) is 3. The molecule has 0 unspecified atom stereocenters. The fourth-order valence-corrected chi connectivity index (χ4v) is 1.78. The Morgan fingerprint density at radius 3 is 2.88 bits per heavy atom. The number of aliphatic hydroxyl groups is 1. The molecule has 2 N–H and O–H groups in total. The largest absolute Gasteiger partial charge is 0.496 e. The van der Waals surface area contributed by atoms with Crippen LogP contribution in [0.4, 0.5) is 0 Å². The van der Waals surface area contributed by atoms with Crippen LogP contribution in [0.2, 0.25) is 0 Å². The van der Waals surface area contributed by atoms with Crippen LogP contribution in [0.15, 0.2) is 22.7 Å². The smallest absolute Gasteiger partial charge is 0.124 e. The monoisotopic (exact) mass is 287 g/mol. The first-order chi connectivity index (χ1) is 7.67. The minimum atomic E-state index is 0.214. The van der Waals surface area contributed by atoms with Gasteiger partial charge in [-0.2, -0.15) is 0 Å². The van der Waals surface area contributed by atoms with Gasteiger partial charge in [-0.15, -0.1) is 0 Å². The van der Waals surface area contributed by atoms with Crippen molar-refractivity contribution in [2.45, 2.75) is 25.9 Å². The number of aliphatic hydroxyl groups excluding tert-OH is 1. The van der Waals surface area contributed by atoms with Crippen molar-refractivity contribution in [3.8, 4) is 5.75 Å². The van der Waals surface area contributed by atoms with Crippen molar-refractivity contribution >= 4 is 15.9 Å². The summed E-state index contributed by atoms with van der Waals surface area (Å²) < 4.78 is 6.31. The topological polar surface area (TPSA) is 41.5 Å². The van der Waals surface area contributed by atoms with Gasteiger partial charge < -0.3 is 15.2 Å². The summed E-state index contributed by atoms with van der Waals surface area (Å²) in [6, 6.07) is 6.28. The van der Waals surface area contributed by atoms with E-state index in [0.717, 1.165) is 28.8 Å². The van der Waals surface area contributed by atoms with Crippen LogP contribution in [0, 0.1) is 0 Å². The van der Waals surface area contributed by atoms with Crippen LogP contribution in [0.1, 0.15) is 18.9 Å². The molecule has 1 aromatic carbocycles. The number of nitrogens with one attached hydrogen (secondary N) is 1. The second kappa shape index (κ2) is 6.89. The molecule has 0 aliphatic heterocycles. The Morgan fingerprint density at radius 1 is 1.50 bits per heavy atom. The van der Waals surface area contributed by atoms with E-state index in [-0.39, 0.29) is 6.61 Å². The van der Waals surface area contributed by atoms with Crippen molar-refractivity contribution in [3.05, 3.63) is 28.2 Å². The summed E-state index contributed by atoms with van der Waals surface area (Å²) >= 11 is 3.41. The van der Waals surface area contributed by atoms with Crippen LogP contribution in [0.3, 0.4) is 0 Å². The van der Waals surface area contributed by atoms with E-state index in [0.29, 0.717) is 6.04 Å². The van der Waals surface area contributed by atoms with Crippen molar-refractivity contribution in [1.29, 1.82) is 0 Å². The predicted octanol–water partition coefficient (Wildman–Crippen LogP) is 2.32. The Bertz CT molecular complexity index is 331. The maximum Gasteiger partial charge on any atom is 0.124 e. The van der Waals surface area contributed by atoms with E-state index in [1.807, 2.05) is 18.2 Å². The molecule has 16 heavy (non-hydrogen) atoms. The lowest BCUT2D eigenvalue weighted by atomic mass is 10.1. The van der Waals surface area contributed by atoms with Gasteiger partial charge in [0.2, 0.25) is 0 Å². The maximum atomic E-state index is 8.80. The SMILES string of the molecule is COc1cc(Br)ccc1CN[C@H](C)CCO. The van der Waals surface area contributed by atoms with Gasteiger partial charge in [0, 0.05) is 29.2 Å². The van der Waals surface area contributed by atoms with Gasteiger partial charge in [0.15, 0.2) is 0 Å². The van der Waals surface area contributed by atoms with Crippen LogP contribution in [0.25, 0.3) is 0 Å². The Labute approximate surface area is 105 Å². The van der Waals surface area contributed by atoms with E-state index in [9.17, 15) is 0 Å². The normalized spacial score (nSPS) is 12.5. The van der Waals surface area contributed by atoms with Crippen LogP contribution in [-0.4, -0.2) is 24.9 Å². The molecule has 3 nitrogen and oxygen atoms in total. The van der Waals surface area contributed by atoms with E-state index in [1.165, 1.54) is 0 Å². The first-order valence-corrected chi connectivity index (χ1v) is 6.13. The fourth-order valence-electron chi connectivity index (χ4n) is 1.44. The van der Waals surface area contributed by atoms with Gasteiger partial charge in [0.1, 0.15) is 5.75 Å². The minimum absolute atomic E-state index is 0.214. The molecule has 0 aliphatic rings. The molecule has 0 saturated heterocycles. The predicted molar refractivity (Wildman–Crippen MR) is 68.7 cm³/mol. The Kier molecular flexibility index (Phi) is 5.80. The summed E-state index contributed by atoms with van der Waals surface area (Å²) in [7, 11) is 1.67. The zero-order valence-corrected chi connectivity index (χ0v) is 11.3. The average Bonchev–Trinajstić information content (AvgIpc) is 2.27. The lowest BCUT2D eigenvalue weighted by molar-refractivity contribution is 0.268. The number of ether oxygens (including phenoxy) is 1. The highest BCUT2D eigenvalue weighted by atomic mass is 79.9. The Balaban J connectivity index is 2.59. The Morgan fingerprint density at radius 2 is 2.25 bits per heavy atom. The second-order valence-corrected chi connectivity index (χ2v) is 4.67. The zero-order valence-electron chi connectivity index (χ0n) is 9.66. The van der Waals surface area contributed by atoms with E-state index in [1.54, 1.807) is 7.11 Å². The van der Waals surface area contributed by atoms with Crippen molar-refractivity contribution in [3.63, 3.8) is 0 Å². The second-order valence-electron chi connectivity index (χ2n) is 3.75. The van der Waals surface area contributed by atoms with Crippen molar-refractivity contribution in [2.75, 3.05) is 13.7 Å². The van der Waals surface area contributed by atoms with E-state index in [2.05, 4.69) is 28.2 Å². The summed E-state index contributed by atoms with van der Waals surface area (Å²) in [4.78, 5) is 0. The zero-order chi connectivity index (χ0) is 12.0. The maximum absolute atomic E-state index is 8.80. The summed E-state index contributed by atoms with van der Waals surface area (Å²) in [5.74, 6) is 0.873. The molecule has 0 bridgehead atoms. The van der Waals surface area contributed by atoms with Gasteiger partial charge in [-0.3, -0.25) is 0 Å². The summed E-state index contributed by atoms with van der Waals surface area (Å²) in [6.07, 6.45) is 0.763. The van der Waals surface area contributed by atoms with Gasteiger partial charge in [-0.05, 0) is 25.5 Å². The van der Waals surface area contributed by atoms with Gasteiger partial charge >= 0.3 is 0 Å². The van der Waals surface area contributed by atoms with E-state index >= 15 is 0 Å². The van der Waals surface area contributed by atoms with Crippen LogP contribution in [-0.2, 0) is 6.54 Å². The molecule has 1 rings (SSSR count). The summed E-state index contributed by atoms with van der Waals surface area (Å²) in [5, 5.41) is 12.1. The third kappa shape index (κ3) is 4.12. The van der Waals surface area contributed by atoms with Crippen LogP contribution < -0.4 is 10.1 Å². The van der Waals surface area contributed by atoms with Crippen LogP contribution >= 0.6 is 15.9 Å². The lowest BCUT2D eigenvalue weighted by Crippen LogP contribution is -2.26. The quantitative estimate of drug-likeness (QED) is 0.844. The number of rotatable bonds is 6. The lowest BCUT2D eigenvalue weighted by Gasteiger charge is -2.14. The third-order valence-corrected chi connectivity index (χ3v) is 2.95. The standard InChI is InChI=1S/C12H18BrNO2/c1-9(5-6-15)14-8-10-3-4-11(13)7-12(10)16-2/h3-4,7,9,14-15H,5-6,8H2,1-2H3/t9-/m1/s1. The van der Waals surface area contributed by atoms with Crippen LogP contribution in [0.5, 0.6) is 5.75 Å². The van der Waals surface area contributed by atoms with Gasteiger partial charge in [0.05, 0.1) is 7.11 Å². The third-order valence-electron chi connectivity index (χ3n) is 2.45.